The van der Waals surface area contributed by atoms with Crippen LogP contribution in [0.2, 0.25) is 0 Å². The number of carbonyl (C=O) groups is 2. The fourth-order valence-electron chi connectivity index (χ4n) is 1.23. The zero-order chi connectivity index (χ0) is 12.1. The number of rotatable bonds is 5. The molecule has 0 aliphatic rings. The average molecular weight is 225 g/mol. The number of carboxylic acid groups (broad SMARTS) is 1. The summed E-state index contributed by atoms with van der Waals surface area (Å²) in [5, 5.41) is 12.7. The Morgan fingerprint density at radius 3 is 2.75 bits per heavy atom. The van der Waals surface area contributed by atoms with Gasteiger partial charge in [-0.25, -0.2) is 0 Å². The highest BCUT2D eigenvalue weighted by atomic mass is 16.4. The van der Waals surface area contributed by atoms with Gasteiger partial charge in [0.15, 0.2) is 0 Å². The number of nitrogens with zero attached hydrogens (tertiary/aromatic N) is 3. The number of amides is 1. The van der Waals surface area contributed by atoms with Gasteiger partial charge in [0.1, 0.15) is 5.92 Å². The Hall–Kier alpha value is -1.85. The van der Waals surface area contributed by atoms with E-state index in [1.807, 2.05) is 0 Å². The van der Waals surface area contributed by atoms with Crippen LogP contribution >= 0.6 is 0 Å². The maximum Gasteiger partial charge on any atom is 0.315 e. The summed E-state index contributed by atoms with van der Waals surface area (Å²) in [5.74, 6) is -2.49. The first-order valence-electron chi connectivity index (χ1n) is 4.97. The summed E-state index contributed by atoms with van der Waals surface area (Å²) in [6, 6.07) is 1.79. The van der Waals surface area contributed by atoms with Gasteiger partial charge in [-0.15, -0.1) is 0 Å². The van der Waals surface area contributed by atoms with Crippen molar-refractivity contribution < 1.29 is 14.7 Å². The van der Waals surface area contributed by atoms with Crippen molar-refractivity contribution >= 4 is 11.9 Å². The van der Waals surface area contributed by atoms with E-state index in [2.05, 4.69) is 5.10 Å². The quantitative estimate of drug-likeness (QED) is 0.719. The zero-order valence-electron chi connectivity index (χ0n) is 9.33. The van der Waals surface area contributed by atoms with Crippen molar-refractivity contribution in [3.8, 4) is 0 Å². The molecule has 1 atom stereocenters. The predicted octanol–water partition coefficient (Wildman–Crippen LogP) is 0.0622. The first kappa shape index (κ1) is 12.2. The third kappa shape index (κ3) is 3.08. The topological polar surface area (TPSA) is 75.4 Å². The van der Waals surface area contributed by atoms with Gasteiger partial charge in [-0.1, -0.05) is 0 Å². The van der Waals surface area contributed by atoms with Crippen LogP contribution < -0.4 is 0 Å². The van der Waals surface area contributed by atoms with E-state index in [0.29, 0.717) is 13.1 Å². The minimum atomic E-state index is -1.10. The summed E-state index contributed by atoms with van der Waals surface area (Å²) in [6.45, 7) is 2.38. The number of likely N-dealkylation sites (N-methyl/N-ethyl adjacent to an activating group) is 1. The first-order valence-corrected chi connectivity index (χ1v) is 4.97. The number of carbonyl (C=O) groups excluding carboxylic acids is 1. The van der Waals surface area contributed by atoms with E-state index in [9.17, 15) is 9.59 Å². The predicted molar refractivity (Wildman–Crippen MR) is 56.7 cm³/mol. The van der Waals surface area contributed by atoms with Crippen molar-refractivity contribution in [2.75, 3.05) is 13.6 Å². The molecule has 0 aliphatic heterocycles. The van der Waals surface area contributed by atoms with Crippen molar-refractivity contribution in [1.29, 1.82) is 0 Å². The number of carboxylic acids is 1. The van der Waals surface area contributed by atoms with Crippen LogP contribution in [0.25, 0.3) is 0 Å². The highest BCUT2D eigenvalue weighted by Crippen LogP contribution is 2.01. The van der Waals surface area contributed by atoms with Crippen molar-refractivity contribution in [3.05, 3.63) is 18.5 Å². The molecule has 0 fully saturated rings. The van der Waals surface area contributed by atoms with Crippen LogP contribution in [-0.4, -0.2) is 45.3 Å². The maximum absolute atomic E-state index is 11.6. The van der Waals surface area contributed by atoms with Crippen LogP contribution in [0, 0.1) is 5.92 Å². The van der Waals surface area contributed by atoms with Crippen LogP contribution in [0.5, 0.6) is 0 Å². The number of aliphatic carboxylic acids is 1. The van der Waals surface area contributed by atoms with Gasteiger partial charge >= 0.3 is 5.97 Å². The Balaban J connectivity index is 2.43. The van der Waals surface area contributed by atoms with Crippen molar-refractivity contribution in [2.45, 2.75) is 13.5 Å². The van der Waals surface area contributed by atoms with Crippen LogP contribution in [-0.2, 0) is 16.1 Å². The molecule has 1 amide bonds. The normalized spacial score (nSPS) is 12.1. The van der Waals surface area contributed by atoms with Crippen molar-refractivity contribution in [1.82, 2.24) is 14.7 Å². The van der Waals surface area contributed by atoms with E-state index in [4.69, 9.17) is 5.11 Å². The third-order valence-electron chi connectivity index (χ3n) is 2.34. The molecule has 0 saturated heterocycles. The van der Waals surface area contributed by atoms with E-state index in [0.717, 1.165) is 0 Å². The Bertz CT molecular complexity index is 361. The molecule has 1 heterocycles. The van der Waals surface area contributed by atoms with Gasteiger partial charge in [-0.2, -0.15) is 5.10 Å². The lowest BCUT2D eigenvalue weighted by Gasteiger charge is -2.19. The second-order valence-electron chi connectivity index (χ2n) is 3.59. The summed E-state index contributed by atoms with van der Waals surface area (Å²) >= 11 is 0. The molecule has 16 heavy (non-hydrogen) atoms. The Morgan fingerprint density at radius 1 is 1.56 bits per heavy atom. The number of aromatic nitrogens is 2. The maximum atomic E-state index is 11.6. The summed E-state index contributed by atoms with van der Waals surface area (Å²) in [4.78, 5) is 23.6. The highest BCUT2D eigenvalue weighted by molar-refractivity contribution is 5.96. The molecule has 1 aromatic heterocycles. The molecule has 88 valence electrons. The lowest BCUT2D eigenvalue weighted by Crippen LogP contribution is -2.37. The Kier molecular flexibility index (Phi) is 4.04. The molecule has 0 spiro atoms. The van der Waals surface area contributed by atoms with Crippen LogP contribution in [0.1, 0.15) is 6.92 Å². The molecule has 0 aromatic carbocycles. The fraction of sp³-hybridized carbons (Fsp3) is 0.500. The highest BCUT2D eigenvalue weighted by Gasteiger charge is 2.23. The molecule has 6 nitrogen and oxygen atoms in total. The SMILES string of the molecule is CC(C(=O)O)C(=O)N(C)CCn1cccn1. The van der Waals surface area contributed by atoms with Gasteiger partial charge in [-0.3, -0.25) is 14.3 Å². The summed E-state index contributed by atoms with van der Waals surface area (Å²) in [7, 11) is 1.59. The second kappa shape index (κ2) is 5.29. The van der Waals surface area contributed by atoms with Gasteiger partial charge in [0.2, 0.25) is 5.91 Å². The minimum Gasteiger partial charge on any atom is -0.481 e. The Labute approximate surface area is 93.5 Å². The minimum absolute atomic E-state index is 0.389. The summed E-state index contributed by atoms with van der Waals surface area (Å²) < 4.78 is 1.69. The summed E-state index contributed by atoms with van der Waals surface area (Å²) in [5.41, 5.74) is 0. The van der Waals surface area contributed by atoms with Crippen LogP contribution in [0.3, 0.4) is 0 Å². The van der Waals surface area contributed by atoms with Gasteiger partial charge in [-0.05, 0) is 13.0 Å². The van der Waals surface area contributed by atoms with E-state index in [-0.39, 0.29) is 5.91 Å². The van der Waals surface area contributed by atoms with Gasteiger partial charge < -0.3 is 10.0 Å². The first-order chi connectivity index (χ1) is 7.52. The van der Waals surface area contributed by atoms with Gasteiger partial charge in [0.25, 0.3) is 0 Å². The molecule has 1 rings (SSSR count). The van der Waals surface area contributed by atoms with E-state index >= 15 is 0 Å². The van der Waals surface area contributed by atoms with Crippen molar-refractivity contribution in [3.63, 3.8) is 0 Å². The largest absolute Gasteiger partial charge is 0.481 e. The second-order valence-corrected chi connectivity index (χ2v) is 3.59. The molecule has 0 radical (unpaired) electrons. The van der Waals surface area contributed by atoms with E-state index < -0.39 is 11.9 Å². The molecule has 1 N–H and O–H groups in total. The smallest absolute Gasteiger partial charge is 0.315 e. The Morgan fingerprint density at radius 2 is 2.25 bits per heavy atom. The number of hydrogen-bond acceptors (Lipinski definition) is 3. The van der Waals surface area contributed by atoms with E-state index in [1.165, 1.54) is 11.8 Å². The van der Waals surface area contributed by atoms with Crippen molar-refractivity contribution in [2.24, 2.45) is 5.92 Å². The van der Waals surface area contributed by atoms with Crippen LogP contribution in [0.15, 0.2) is 18.5 Å². The average Bonchev–Trinajstić information content (AvgIpc) is 2.76. The lowest BCUT2D eigenvalue weighted by atomic mass is 10.1. The molecular weight excluding hydrogens is 210 g/mol. The van der Waals surface area contributed by atoms with Crippen LogP contribution in [0.4, 0.5) is 0 Å². The van der Waals surface area contributed by atoms with Gasteiger partial charge in [0, 0.05) is 26.0 Å². The molecule has 0 bridgehead atoms. The molecule has 1 aromatic rings. The molecule has 0 aliphatic carbocycles. The number of hydrogen-bond donors (Lipinski definition) is 1. The monoisotopic (exact) mass is 225 g/mol. The lowest BCUT2D eigenvalue weighted by molar-refractivity contribution is -0.149. The third-order valence-corrected chi connectivity index (χ3v) is 2.34. The molecular formula is C10H15N3O3. The standard InChI is InChI=1S/C10H15N3O3/c1-8(10(15)16)9(14)12(2)6-7-13-5-3-4-11-13/h3-5,8H,6-7H2,1-2H3,(H,15,16). The molecule has 0 saturated carbocycles. The van der Waals surface area contributed by atoms with Gasteiger partial charge in [0.05, 0.1) is 6.54 Å². The summed E-state index contributed by atoms with van der Waals surface area (Å²) in [6.07, 6.45) is 3.45. The zero-order valence-corrected chi connectivity index (χ0v) is 9.33. The fourth-order valence-corrected chi connectivity index (χ4v) is 1.23. The van der Waals surface area contributed by atoms with E-state index in [1.54, 1.807) is 30.2 Å². The molecule has 6 heteroatoms. The molecule has 1 unspecified atom stereocenters.